The number of hydrogen-bond donors (Lipinski definition) is 2. The Morgan fingerprint density at radius 3 is 1.04 bits per heavy atom. The number of rotatable bonds is 13. The molecule has 2 aromatic rings. The zero-order chi connectivity index (χ0) is 31.6. The molecule has 0 radical (unpaired) electrons. The predicted molar refractivity (Wildman–Crippen MR) is 192 cm³/mol. The van der Waals surface area contributed by atoms with Crippen molar-refractivity contribution in [2.45, 2.75) is 177 Å². The summed E-state index contributed by atoms with van der Waals surface area (Å²) in [6.07, 6.45) is 25.6. The Morgan fingerprint density at radius 2 is 0.761 bits per heavy atom. The summed E-state index contributed by atoms with van der Waals surface area (Å²) in [5.74, 6) is 3.02. The minimum Gasteiger partial charge on any atom is -0.354 e. The van der Waals surface area contributed by atoms with Crippen molar-refractivity contribution in [2.24, 2.45) is 0 Å². The van der Waals surface area contributed by atoms with Crippen molar-refractivity contribution in [3.8, 4) is 0 Å². The quantitative estimate of drug-likeness (QED) is 0.199. The predicted octanol–water partition coefficient (Wildman–Crippen LogP) is 8.66. The van der Waals surface area contributed by atoms with Gasteiger partial charge < -0.3 is 20.4 Å². The Balaban J connectivity index is 1.28. The van der Waals surface area contributed by atoms with E-state index in [4.69, 9.17) is 29.9 Å². The van der Waals surface area contributed by atoms with Crippen LogP contribution in [0.2, 0.25) is 0 Å². The average molecular weight is 669 g/mol. The van der Waals surface area contributed by atoms with Gasteiger partial charge >= 0.3 is 0 Å². The molecule has 4 aliphatic rings. The van der Waals surface area contributed by atoms with Gasteiger partial charge in [0, 0.05) is 37.3 Å². The van der Waals surface area contributed by atoms with Crippen molar-refractivity contribution in [3.63, 3.8) is 0 Å². The van der Waals surface area contributed by atoms with Crippen LogP contribution in [0.25, 0.3) is 0 Å². The minimum atomic E-state index is 0.513. The van der Waals surface area contributed by atoms with Gasteiger partial charge in [0.05, 0.1) is 0 Å². The Hall–Kier alpha value is -2.08. The van der Waals surface area contributed by atoms with Gasteiger partial charge in [0.25, 0.3) is 0 Å². The number of nitrogens with one attached hydrogen (secondary N) is 2. The molecule has 0 bridgehead atoms. The lowest BCUT2D eigenvalue weighted by molar-refractivity contribution is 0.334. The molecule has 46 heavy (non-hydrogen) atoms. The standard InChI is InChI=1S/C34H56N10S2/c1-3-35-29-37-31(43(25-17-9-5-10-18-25)26-19-11-6-12-20-26)41-33(39-29)45-46-34-40-30(36-4-2)38-32(42-34)44(27-21-13-7-14-22-27)28-23-15-8-16-24-28/h25-28H,3-24H2,1-2H3,(H,35,37,39,41)(H,36,38,40,42). The largest absolute Gasteiger partial charge is 0.354 e. The molecule has 10 nitrogen and oxygen atoms in total. The van der Waals surface area contributed by atoms with E-state index in [1.165, 1.54) is 128 Å². The summed E-state index contributed by atoms with van der Waals surface area (Å²) >= 11 is 0. The van der Waals surface area contributed by atoms with E-state index in [2.05, 4.69) is 34.3 Å². The first-order valence-electron chi connectivity index (χ1n) is 18.6. The van der Waals surface area contributed by atoms with Crippen LogP contribution in [-0.4, -0.2) is 67.2 Å². The molecular formula is C34H56N10S2. The third-order valence-corrected chi connectivity index (χ3v) is 12.3. The van der Waals surface area contributed by atoms with Crippen molar-refractivity contribution in [1.82, 2.24) is 29.9 Å². The second-order valence-electron chi connectivity index (χ2n) is 13.7. The second-order valence-corrected chi connectivity index (χ2v) is 15.8. The Morgan fingerprint density at radius 1 is 0.457 bits per heavy atom. The lowest BCUT2D eigenvalue weighted by Crippen LogP contribution is -2.46. The highest BCUT2D eigenvalue weighted by molar-refractivity contribution is 8.76. The van der Waals surface area contributed by atoms with Crippen LogP contribution >= 0.6 is 21.6 Å². The molecule has 4 aliphatic carbocycles. The lowest BCUT2D eigenvalue weighted by atomic mass is 9.89. The van der Waals surface area contributed by atoms with Gasteiger partial charge in [-0.05, 0) is 86.8 Å². The maximum atomic E-state index is 5.15. The van der Waals surface area contributed by atoms with Gasteiger partial charge in [-0.2, -0.15) is 29.9 Å². The summed E-state index contributed by atoms with van der Waals surface area (Å²) in [5, 5.41) is 8.23. The zero-order valence-electron chi connectivity index (χ0n) is 28.3. The Labute approximate surface area is 284 Å². The lowest BCUT2D eigenvalue weighted by Gasteiger charge is -2.42. The fourth-order valence-electron chi connectivity index (χ4n) is 8.23. The molecule has 254 valence electrons. The van der Waals surface area contributed by atoms with Gasteiger partial charge in [0.1, 0.15) is 0 Å². The van der Waals surface area contributed by atoms with Crippen molar-refractivity contribution in [2.75, 3.05) is 33.5 Å². The molecule has 4 fully saturated rings. The number of anilines is 4. The van der Waals surface area contributed by atoms with Crippen LogP contribution in [0, 0.1) is 0 Å². The highest BCUT2D eigenvalue weighted by Gasteiger charge is 2.33. The zero-order valence-corrected chi connectivity index (χ0v) is 29.9. The molecule has 12 heteroatoms. The first-order chi connectivity index (χ1) is 22.7. The van der Waals surface area contributed by atoms with E-state index in [-0.39, 0.29) is 0 Å². The molecule has 2 N–H and O–H groups in total. The number of aromatic nitrogens is 6. The molecule has 2 heterocycles. The third kappa shape index (κ3) is 8.88. The second kappa shape index (κ2) is 17.4. The molecule has 0 atom stereocenters. The van der Waals surface area contributed by atoms with E-state index in [0.29, 0.717) is 46.4 Å². The van der Waals surface area contributed by atoms with Crippen LogP contribution in [0.1, 0.15) is 142 Å². The normalized spacial score (nSPS) is 20.8. The van der Waals surface area contributed by atoms with Crippen LogP contribution < -0.4 is 20.4 Å². The molecule has 0 saturated heterocycles. The molecular weight excluding hydrogens is 613 g/mol. The minimum absolute atomic E-state index is 0.513. The third-order valence-electron chi connectivity index (χ3n) is 10.4. The SMILES string of the molecule is CCNc1nc(SSc2nc(NCC)nc(N(C3CCCCC3)C3CCCCC3)n2)nc(N(C2CCCCC2)C2CCCCC2)n1. The van der Waals surface area contributed by atoms with E-state index in [0.717, 1.165) is 25.0 Å². The maximum absolute atomic E-state index is 5.15. The van der Waals surface area contributed by atoms with Crippen LogP contribution in [-0.2, 0) is 0 Å². The first-order valence-corrected chi connectivity index (χ1v) is 20.8. The van der Waals surface area contributed by atoms with Crippen LogP contribution in [0.3, 0.4) is 0 Å². The summed E-state index contributed by atoms with van der Waals surface area (Å²) in [6.45, 7) is 5.75. The van der Waals surface area contributed by atoms with Gasteiger partial charge in [-0.15, -0.1) is 0 Å². The van der Waals surface area contributed by atoms with E-state index in [9.17, 15) is 0 Å². The van der Waals surface area contributed by atoms with Gasteiger partial charge in [0.15, 0.2) is 0 Å². The molecule has 2 aromatic heterocycles. The molecule has 0 spiro atoms. The Kier molecular flexibility index (Phi) is 12.8. The fourth-order valence-corrected chi connectivity index (χ4v) is 9.76. The van der Waals surface area contributed by atoms with Gasteiger partial charge in [-0.3, -0.25) is 0 Å². The smallest absolute Gasteiger partial charge is 0.231 e. The highest BCUT2D eigenvalue weighted by atomic mass is 33.1. The summed E-state index contributed by atoms with van der Waals surface area (Å²) in [5.41, 5.74) is 0. The molecule has 6 rings (SSSR count). The van der Waals surface area contributed by atoms with E-state index < -0.39 is 0 Å². The highest BCUT2D eigenvalue weighted by Crippen LogP contribution is 2.39. The van der Waals surface area contributed by atoms with Gasteiger partial charge in [0.2, 0.25) is 34.1 Å². The van der Waals surface area contributed by atoms with Gasteiger partial charge in [-0.25, -0.2) is 0 Å². The first kappa shape index (κ1) is 33.8. The summed E-state index contributed by atoms with van der Waals surface area (Å²) in [4.78, 5) is 35.3. The summed E-state index contributed by atoms with van der Waals surface area (Å²) < 4.78 is 0. The maximum Gasteiger partial charge on any atom is 0.231 e. The van der Waals surface area contributed by atoms with Crippen molar-refractivity contribution in [3.05, 3.63) is 0 Å². The van der Waals surface area contributed by atoms with E-state index in [1.54, 1.807) is 21.6 Å². The van der Waals surface area contributed by atoms with E-state index >= 15 is 0 Å². The fraction of sp³-hybridized carbons (Fsp3) is 0.824. The topological polar surface area (TPSA) is 108 Å². The van der Waals surface area contributed by atoms with Crippen molar-refractivity contribution >= 4 is 45.4 Å². The van der Waals surface area contributed by atoms with Crippen molar-refractivity contribution < 1.29 is 0 Å². The number of hydrogen-bond acceptors (Lipinski definition) is 12. The van der Waals surface area contributed by atoms with Gasteiger partial charge in [-0.1, -0.05) is 77.0 Å². The van der Waals surface area contributed by atoms with Crippen LogP contribution in [0.5, 0.6) is 0 Å². The molecule has 4 saturated carbocycles. The summed E-state index contributed by atoms with van der Waals surface area (Å²) in [6, 6.07) is 2.05. The van der Waals surface area contributed by atoms with E-state index in [1.807, 2.05) is 0 Å². The monoisotopic (exact) mass is 668 g/mol. The molecule has 0 unspecified atom stereocenters. The Bertz CT molecular complexity index is 1080. The molecule has 0 aliphatic heterocycles. The summed E-state index contributed by atoms with van der Waals surface area (Å²) in [7, 11) is 3.09. The molecule has 0 aromatic carbocycles. The van der Waals surface area contributed by atoms with Crippen LogP contribution in [0.15, 0.2) is 10.3 Å². The average Bonchev–Trinajstić information content (AvgIpc) is 3.10. The van der Waals surface area contributed by atoms with Crippen LogP contribution in [0.4, 0.5) is 23.8 Å². The molecule has 0 amide bonds. The number of nitrogens with zero attached hydrogens (tertiary/aromatic N) is 8. The van der Waals surface area contributed by atoms with Crippen molar-refractivity contribution in [1.29, 1.82) is 0 Å².